The van der Waals surface area contributed by atoms with Gasteiger partial charge in [0.25, 0.3) is 0 Å². The molecule has 0 aromatic rings. The highest BCUT2D eigenvalue weighted by Gasteiger charge is 2.48. The van der Waals surface area contributed by atoms with Crippen molar-refractivity contribution in [2.24, 2.45) is 23.2 Å². The van der Waals surface area contributed by atoms with Gasteiger partial charge in [0.2, 0.25) is 5.91 Å². The van der Waals surface area contributed by atoms with Gasteiger partial charge in [-0.25, -0.2) is 4.79 Å². The molecule has 0 radical (unpaired) electrons. The van der Waals surface area contributed by atoms with E-state index in [4.69, 9.17) is 14.6 Å². The molecule has 0 aromatic carbocycles. The van der Waals surface area contributed by atoms with Gasteiger partial charge < -0.3 is 19.6 Å². The maximum atomic E-state index is 12.0. The molecule has 184 valence electrons. The lowest BCUT2D eigenvalue weighted by molar-refractivity contribution is -0.192. The number of hydrogen-bond donors (Lipinski definition) is 1. The largest absolute Gasteiger partial charge is 0.490 e. The Hall–Kier alpha value is -1.35. The lowest BCUT2D eigenvalue weighted by atomic mass is 9.71. The SMILES string of the molecule is CC(=O)N1CC(COCC2CC2)C2(CCN(CC3CCCC3)CC2)C1.O=C(O)C(F)(F)F. The molecule has 4 fully saturated rings. The number of carbonyl (C=O) groups excluding carboxylic acids is 1. The van der Waals surface area contributed by atoms with Gasteiger partial charge in [0.1, 0.15) is 0 Å². The third-order valence-electron chi connectivity index (χ3n) is 7.71. The van der Waals surface area contributed by atoms with Gasteiger partial charge in [-0.05, 0) is 68.9 Å². The third kappa shape index (κ3) is 7.07. The molecular formula is C23H37F3N2O4. The Labute approximate surface area is 188 Å². The molecule has 1 spiro atoms. The molecule has 2 saturated carbocycles. The Kier molecular flexibility index (Phi) is 8.47. The maximum absolute atomic E-state index is 12.0. The van der Waals surface area contributed by atoms with Crippen molar-refractivity contribution >= 4 is 11.9 Å². The van der Waals surface area contributed by atoms with E-state index >= 15 is 0 Å². The van der Waals surface area contributed by atoms with Gasteiger partial charge in [0.15, 0.2) is 0 Å². The smallest absolute Gasteiger partial charge is 0.475 e. The molecule has 0 bridgehead atoms. The quantitative estimate of drug-likeness (QED) is 0.650. The van der Waals surface area contributed by atoms with Crippen molar-refractivity contribution in [2.75, 3.05) is 45.9 Å². The second kappa shape index (κ2) is 10.7. The number of carbonyl (C=O) groups is 2. The lowest BCUT2D eigenvalue weighted by Crippen LogP contribution is -2.46. The number of ether oxygens (including phenoxy) is 1. The number of piperidine rings is 1. The molecule has 0 aromatic heterocycles. The minimum absolute atomic E-state index is 0.248. The van der Waals surface area contributed by atoms with Gasteiger partial charge in [-0.3, -0.25) is 4.79 Å². The molecule has 4 aliphatic rings. The minimum Gasteiger partial charge on any atom is -0.475 e. The van der Waals surface area contributed by atoms with E-state index in [-0.39, 0.29) is 5.91 Å². The second-order valence-electron chi connectivity index (χ2n) is 10.2. The van der Waals surface area contributed by atoms with Crippen LogP contribution in [-0.4, -0.2) is 78.9 Å². The molecular weight excluding hydrogens is 425 g/mol. The van der Waals surface area contributed by atoms with Crippen molar-refractivity contribution in [1.29, 1.82) is 0 Å². The summed E-state index contributed by atoms with van der Waals surface area (Å²) < 4.78 is 37.8. The predicted octanol–water partition coefficient (Wildman–Crippen LogP) is 3.80. The summed E-state index contributed by atoms with van der Waals surface area (Å²) in [6.45, 7) is 9.19. The Morgan fingerprint density at radius 1 is 1.03 bits per heavy atom. The summed E-state index contributed by atoms with van der Waals surface area (Å²) in [5.41, 5.74) is 0.321. The molecule has 2 aliphatic carbocycles. The van der Waals surface area contributed by atoms with Gasteiger partial charge >= 0.3 is 12.1 Å². The maximum Gasteiger partial charge on any atom is 0.490 e. The summed E-state index contributed by atoms with van der Waals surface area (Å²) in [5.74, 6) is -0.188. The minimum atomic E-state index is -5.08. The molecule has 9 heteroatoms. The van der Waals surface area contributed by atoms with Crippen molar-refractivity contribution < 1.29 is 32.6 Å². The average Bonchev–Trinajstić information content (AvgIpc) is 3.27. The fraction of sp³-hybridized carbons (Fsp3) is 0.913. The summed E-state index contributed by atoms with van der Waals surface area (Å²) in [6.07, 6.45) is 5.89. The topological polar surface area (TPSA) is 70.1 Å². The van der Waals surface area contributed by atoms with Crippen molar-refractivity contribution in [3.63, 3.8) is 0 Å². The number of alkyl halides is 3. The van der Waals surface area contributed by atoms with Crippen LogP contribution in [0.2, 0.25) is 0 Å². The fourth-order valence-corrected chi connectivity index (χ4v) is 5.47. The van der Waals surface area contributed by atoms with Gasteiger partial charge in [0.05, 0.1) is 6.61 Å². The van der Waals surface area contributed by atoms with E-state index in [1.165, 1.54) is 71.0 Å². The molecule has 1 atom stereocenters. The fourth-order valence-electron chi connectivity index (χ4n) is 5.47. The first-order valence-electron chi connectivity index (χ1n) is 11.9. The number of halogens is 3. The second-order valence-corrected chi connectivity index (χ2v) is 10.2. The van der Waals surface area contributed by atoms with E-state index in [9.17, 15) is 18.0 Å². The van der Waals surface area contributed by atoms with Crippen LogP contribution in [0.5, 0.6) is 0 Å². The zero-order valence-electron chi connectivity index (χ0n) is 19.0. The number of rotatable bonds is 6. The van der Waals surface area contributed by atoms with Crippen LogP contribution in [0, 0.1) is 23.2 Å². The van der Waals surface area contributed by atoms with E-state index in [1.54, 1.807) is 6.92 Å². The van der Waals surface area contributed by atoms with Crippen LogP contribution in [-0.2, 0) is 14.3 Å². The van der Waals surface area contributed by atoms with E-state index < -0.39 is 12.1 Å². The van der Waals surface area contributed by atoms with Gasteiger partial charge in [-0.15, -0.1) is 0 Å². The van der Waals surface area contributed by atoms with Crippen molar-refractivity contribution in [3.8, 4) is 0 Å². The molecule has 6 nitrogen and oxygen atoms in total. The highest BCUT2D eigenvalue weighted by molar-refractivity contribution is 5.73. The third-order valence-corrected chi connectivity index (χ3v) is 7.71. The van der Waals surface area contributed by atoms with Gasteiger partial charge in [0, 0.05) is 39.1 Å². The van der Waals surface area contributed by atoms with Crippen LogP contribution in [0.3, 0.4) is 0 Å². The first-order valence-corrected chi connectivity index (χ1v) is 11.9. The van der Waals surface area contributed by atoms with E-state index in [0.29, 0.717) is 11.3 Å². The van der Waals surface area contributed by atoms with Crippen LogP contribution >= 0.6 is 0 Å². The van der Waals surface area contributed by atoms with Crippen LogP contribution in [0.15, 0.2) is 0 Å². The Balaban J connectivity index is 0.000000360. The van der Waals surface area contributed by atoms with Crippen LogP contribution in [0.25, 0.3) is 0 Å². The average molecular weight is 463 g/mol. The van der Waals surface area contributed by atoms with Gasteiger partial charge in [-0.2, -0.15) is 13.2 Å². The van der Waals surface area contributed by atoms with Crippen molar-refractivity contribution in [3.05, 3.63) is 0 Å². The molecule has 1 amide bonds. The van der Waals surface area contributed by atoms with E-state index in [2.05, 4.69) is 9.80 Å². The molecule has 2 aliphatic heterocycles. The number of nitrogens with zero attached hydrogens (tertiary/aromatic N) is 2. The first-order chi connectivity index (χ1) is 15.1. The standard InChI is InChI=1S/C21H36N2O2.C2HF3O2/c1-17(24)23-13-20(15-25-14-19-6-7-19)21(16-23)8-10-22(11-9-21)12-18-4-2-3-5-18;3-2(4,5)1(6)7/h18-20H,2-16H2,1H3;(H,6,7). The first kappa shape index (κ1) is 25.3. The Morgan fingerprint density at radius 3 is 2.12 bits per heavy atom. The zero-order chi connectivity index (χ0) is 23.4. The van der Waals surface area contributed by atoms with E-state index in [1.807, 2.05) is 0 Å². The lowest BCUT2D eigenvalue weighted by Gasteiger charge is -2.43. The van der Waals surface area contributed by atoms with E-state index in [0.717, 1.165) is 38.1 Å². The summed E-state index contributed by atoms with van der Waals surface area (Å²) in [7, 11) is 0. The van der Waals surface area contributed by atoms with Crippen molar-refractivity contribution in [2.45, 2.75) is 64.5 Å². The normalized spacial score (nSPS) is 26.2. The molecule has 4 rings (SSSR count). The number of carboxylic acid groups (broad SMARTS) is 1. The number of aliphatic carboxylic acids is 1. The van der Waals surface area contributed by atoms with Crippen LogP contribution in [0.1, 0.15) is 58.3 Å². The highest BCUT2D eigenvalue weighted by Crippen LogP contribution is 2.45. The Bertz CT molecular complexity index is 640. The number of hydrogen-bond acceptors (Lipinski definition) is 4. The summed E-state index contributed by atoms with van der Waals surface area (Å²) in [4.78, 5) is 25.7. The predicted molar refractivity (Wildman–Crippen MR) is 113 cm³/mol. The van der Waals surface area contributed by atoms with Crippen molar-refractivity contribution in [1.82, 2.24) is 9.80 Å². The summed E-state index contributed by atoms with van der Waals surface area (Å²) in [6, 6.07) is 0. The zero-order valence-corrected chi connectivity index (χ0v) is 19.0. The molecule has 2 heterocycles. The monoisotopic (exact) mass is 462 g/mol. The number of likely N-dealkylation sites (tertiary alicyclic amines) is 2. The Morgan fingerprint density at radius 2 is 1.62 bits per heavy atom. The molecule has 1 unspecified atom stereocenters. The number of amides is 1. The summed E-state index contributed by atoms with van der Waals surface area (Å²) >= 11 is 0. The van der Waals surface area contributed by atoms with Crippen LogP contribution < -0.4 is 0 Å². The van der Waals surface area contributed by atoms with Crippen LogP contribution in [0.4, 0.5) is 13.2 Å². The number of carboxylic acids is 1. The van der Waals surface area contributed by atoms with Gasteiger partial charge in [-0.1, -0.05) is 12.8 Å². The molecule has 1 N–H and O–H groups in total. The highest BCUT2D eigenvalue weighted by atomic mass is 19.4. The molecule has 32 heavy (non-hydrogen) atoms. The summed E-state index contributed by atoms with van der Waals surface area (Å²) in [5, 5.41) is 7.12. The molecule has 2 saturated heterocycles.